The predicted octanol–water partition coefficient (Wildman–Crippen LogP) is 3.10. The van der Waals surface area contributed by atoms with Gasteiger partial charge in [0.1, 0.15) is 0 Å². The Labute approximate surface area is 102 Å². The van der Waals surface area contributed by atoms with Crippen molar-refractivity contribution in [3.05, 3.63) is 31.5 Å². The topological polar surface area (TPSA) is 43.8 Å². The van der Waals surface area contributed by atoms with Gasteiger partial charge in [-0.15, -0.1) is 11.3 Å². The van der Waals surface area contributed by atoms with Crippen LogP contribution in [0.2, 0.25) is 0 Å². The highest BCUT2D eigenvalue weighted by Crippen LogP contribution is 2.24. The number of aromatic nitrogens is 2. The number of hydrogen-bond acceptors (Lipinski definition) is 3. The Bertz CT molecular complexity index is 430. The van der Waals surface area contributed by atoms with Crippen LogP contribution < -0.4 is 5.73 Å². The average molecular weight is 337 g/mol. The summed E-state index contributed by atoms with van der Waals surface area (Å²) in [6.45, 7) is 0.756. The molecule has 0 amide bonds. The smallest absolute Gasteiger partial charge is 0.159 e. The highest BCUT2D eigenvalue weighted by Gasteiger charge is 2.04. The standard InChI is InChI=1S/C8H7Br2N3S/c9-6-4-13(12-8(6)11)3-5-1-2-7(10)14-5/h1-2,4H,3H2,(H2,11,12). The lowest BCUT2D eigenvalue weighted by Crippen LogP contribution is -1.99. The molecule has 0 bridgehead atoms. The lowest BCUT2D eigenvalue weighted by molar-refractivity contribution is 0.698. The lowest BCUT2D eigenvalue weighted by atomic mass is 10.5. The molecule has 2 rings (SSSR count). The van der Waals surface area contributed by atoms with E-state index < -0.39 is 0 Å². The molecule has 3 nitrogen and oxygen atoms in total. The number of anilines is 1. The van der Waals surface area contributed by atoms with E-state index in [0.29, 0.717) is 5.82 Å². The van der Waals surface area contributed by atoms with Gasteiger partial charge in [0.15, 0.2) is 5.82 Å². The van der Waals surface area contributed by atoms with Crippen LogP contribution in [0.4, 0.5) is 5.82 Å². The molecule has 0 spiro atoms. The van der Waals surface area contributed by atoms with Crippen LogP contribution in [0.5, 0.6) is 0 Å². The average Bonchev–Trinajstić information content (AvgIpc) is 2.62. The Morgan fingerprint density at radius 1 is 1.43 bits per heavy atom. The molecule has 0 unspecified atom stereocenters. The minimum Gasteiger partial charge on any atom is -0.381 e. The van der Waals surface area contributed by atoms with E-state index in [0.717, 1.165) is 14.8 Å². The predicted molar refractivity (Wildman–Crippen MR) is 65.5 cm³/mol. The Morgan fingerprint density at radius 3 is 2.71 bits per heavy atom. The Kier molecular flexibility index (Phi) is 2.94. The number of thiophene rings is 1. The van der Waals surface area contributed by atoms with E-state index in [-0.39, 0.29) is 0 Å². The van der Waals surface area contributed by atoms with E-state index in [4.69, 9.17) is 5.73 Å². The molecule has 0 saturated carbocycles. The molecule has 6 heteroatoms. The summed E-state index contributed by atoms with van der Waals surface area (Å²) in [7, 11) is 0. The fourth-order valence-corrected chi connectivity index (χ4v) is 2.88. The third-order valence-electron chi connectivity index (χ3n) is 1.69. The van der Waals surface area contributed by atoms with Crippen molar-refractivity contribution in [2.45, 2.75) is 6.54 Å². The van der Waals surface area contributed by atoms with Crippen LogP contribution in [0.15, 0.2) is 26.6 Å². The molecule has 14 heavy (non-hydrogen) atoms. The summed E-state index contributed by atoms with van der Waals surface area (Å²) in [6.07, 6.45) is 1.88. The van der Waals surface area contributed by atoms with Crippen LogP contribution in [0, 0.1) is 0 Å². The van der Waals surface area contributed by atoms with Crippen molar-refractivity contribution in [3.8, 4) is 0 Å². The number of hydrogen-bond donors (Lipinski definition) is 1. The van der Waals surface area contributed by atoms with E-state index in [1.807, 2.05) is 16.9 Å². The molecular weight excluding hydrogens is 330 g/mol. The molecular formula is C8H7Br2N3S. The Hall–Kier alpha value is -0.330. The summed E-state index contributed by atoms with van der Waals surface area (Å²) in [5, 5.41) is 4.15. The Morgan fingerprint density at radius 2 is 2.21 bits per heavy atom. The van der Waals surface area contributed by atoms with Crippen molar-refractivity contribution in [1.82, 2.24) is 9.78 Å². The minimum atomic E-state index is 0.528. The van der Waals surface area contributed by atoms with Crippen LogP contribution in [-0.4, -0.2) is 9.78 Å². The van der Waals surface area contributed by atoms with Gasteiger partial charge in [-0.25, -0.2) is 0 Å². The van der Waals surface area contributed by atoms with Gasteiger partial charge in [-0.2, -0.15) is 5.10 Å². The molecule has 0 radical (unpaired) electrons. The zero-order chi connectivity index (χ0) is 10.1. The monoisotopic (exact) mass is 335 g/mol. The van der Waals surface area contributed by atoms with E-state index >= 15 is 0 Å². The first-order chi connectivity index (χ1) is 6.65. The second kappa shape index (κ2) is 4.04. The van der Waals surface area contributed by atoms with Gasteiger partial charge in [0.2, 0.25) is 0 Å². The molecule has 0 saturated heterocycles. The number of nitrogens with two attached hydrogens (primary N) is 1. The summed E-state index contributed by atoms with van der Waals surface area (Å²) in [5.41, 5.74) is 5.61. The SMILES string of the molecule is Nc1nn(Cc2ccc(Br)s2)cc1Br. The van der Waals surface area contributed by atoms with Crippen LogP contribution in [0.3, 0.4) is 0 Å². The van der Waals surface area contributed by atoms with Crippen LogP contribution in [-0.2, 0) is 6.54 Å². The first-order valence-electron chi connectivity index (χ1n) is 3.88. The van der Waals surface area contributed by atoms with Gasteiger partial charge in [0.05, 0.1) is 14.8 Å². The number of nitrogens with zero attached hydrogens (tertiary/aromatic N) is 2. The van der Waals surface area contributed by atoms with E-state index in [1.165, 1.54) is 4.88 Å². The second-order valence-electron chi connectivity index (χ2n) is 2.77. The van der Waals surface area contributed by atoms with Gasteiger partial charge >= 0.3 is 0 Å². The zero-order valence-corrected chi connectivity index (χ0v) is 11.1. The maximum atomic E-state index is 5.61. The zero-order valence-electron chi connectivity index (χ0n) is 7.08. The van der Waals surface area contributed by atoms with E-state index in [9.17, 15) is 0 Å². The number of rotatable bonds is 2. The molecule has 0 aliphatic carbocycles. The Balaban J connectivity index is 2.18. The van der Waals surface area contributed by atoms with Crippen molar-refractivity contribution in [1.29, 1.82) is 0 Å². The highest BCUT2D eigenvalue weighted by atomic mass is 79.9. The summed E-state index contributed by atoms with van der Waals surface area (Å²) in [6, 6.07) is 4.10. The molecule has 2 heterocycles. The van der Waals surface area contributed by atoms with Crippen molar-refractivity contribution in [2.24, 2.45) is 0 Å². The van der Waals surface area contributed by atoms with Crippen LogP contribution in [0.25, 0.3) is 0 Å². The lowest BCUT2D eigenvalue weighted by Gasteiger charge is -1.96. The van der Waals surface area contributed by atoms with Gasteiger partial charge in [-0.3, -0.25) is 4.68 Å². The van der Waals surface area contributed by atoms with Crippen molar-refractivity contribution < 1.29 is 0 Å². The molecule has 2 aromatic rings. The van der Waals surface area contributed by atoms with Crippen molar-refractivity contribution >= 4 is 49.0 Å². The molecule has 0 aliphatic heterocycles. The fourth-order valence-electron chi connectivity index (χ4n) is 1.09. The first kappa shape index (κ1) is 10.2. The summed E-state index contributed by atoms with van der Waals surface area (Å²) >= 11 is 8.44. The normalized spacial score (nSPS) is 10.7. The molecule has 74 valence electrons. The van der Waals surface area contributed by atoms with Gasteiger partial charge in [0.25, 0.3) is 0 Å². The second-order valence-corrected chi connectivity index (χ2v) is 6.17. The molecule has 2 aromatic heterocycles. The van der Waals surface area contributed by atoms with Crippen LogP contribution in [0.1, 0.15) is 4.88 Å². The maximum absolute atomic E-state index is 5.61. The van der Waals surface area contributed by atoms with Crippen molar-refractivity contribution in [2.75, 3.05) is 5.73 Å². The minimum absolute atomic E-state index is 0.528. The van der Waals surface area contributed by atoms with Gasteiger partial charge < -0.3 is 5.73 Å². The van der Waals surface area contributed by atoms with E-state index in [1.54, 1.807) is 11.3 Å². The third kappa shape index (κ3) is 2.18. The maximum Gasteiger partial charge on any atom is 0.159 e. The van der Waals surface area contributed by atoms with Crippen molar-refractivity contribution in [3.63, 3.8) is 0 Å². The largest absolute Gasteiger partial charge is 0.381 e. The summed E-state index contributed by atoms with van der Waals surface area (Å²) < 4.78 is 3.79. The van der Waals surface area contributed by atoms with Gasteiger partial charge in [-0.1, -0.05) is 0 Å². The highest BCUT2D eigenvalue weighted by molar-refractivity contribution is 9.11. The number of halogens is 2. The molecule has 0 atom stereocenters. The van der Waals surface area contributed by atoms with Gasteiger partial charge in [-0.05, 0) is 44.0 Å². The molecule has 0 aliphatic rings. The third-order valence-corrected chi connectivity index (χ3v) is 3.91. The quantitative estimate of drug-likeness (QED) is 0.915. The summed E-state index contributed by atoms with van der Waals surface area (Å²) in [5.74, 6) is 0.528. The first-order valence-corrected chi connectivity index (χ1v) is 6.28. The summed E-state index contributed by atoms with van der Waals surface area (Å²) in [4.78, 5) is 1.24. The van der Waals surface area contributed by atoms with E-state index in [2.05, 4.69) is 43.0 Å². The van der Waals surface area contributed by atoms with Gasteiger partial charge in [0, 0.05) is 11.1 Å². The van der Waals surface area contributed by atoms with Crippen LogP contribution >= 0.6 is 43.2 Å². The molecule has 0 aromatic carbocycles. The molecule has 2 N–H and O–H groups in total. The fraction of sp³-hybridized carbons (Fsp3) is 0.125. The number of nitrogen functional groups attached to an aromatic ring is 1. The molecule has 0 fully saturated rings.